The minimum absolute atomic E-state index is 0. The molecule has 1 aliphatic rings. The Hall–Kier alpha value is -0.320. The van der Waals surface area contributed by atoms with Crippen LogP contribution in [0.5, 0.6) is 0 Å². The molecule has 0 atom stereocenters. The van der Waals surface area contributed by atoms with E-state index in [-0.39, 0.29) is 51.6 Å². The summed E-state index contributed by atoms with van der Waals surface area (Å²) >= 11 is 0. The van der Waals surface area contributed by atoms with Gasteiger partial charge in [-0.3, -0.25) is 0 Å². The molecule has 0 unspecified atom stereocenters. The molecule has 1 rings (SSSR count). The molecule has 1 aliphatic heterocycles. The minimum atomic E-state index is -0.592. The summed E-state index contributed by atoms with van der Waals surface area (Å²) in [6.45, 7) is 12.8. The SMILES string of the molecule is CC(C)(CO)COCC(C)(CO)CO.CC1(CO)COC(C(C)(C)CO)OC1.[H+]. The van der Waals surface area contributed by atoms with Crippen molar-refractivity contribution in [2.45, 2.75) is 47.8 Å². The van der Waals surface area contributed by atoms with Gasteiger partial charge in [-0.05, 0) is 0 Å². The van der Waals surface area contributed by atoms with Gasteiger partial charge in [0.2, 0.25) is 0 Å². The van der Waals surface area contributed by atoms with Crippen molar-refractivity contribution < 1.29 is 41.2 Å². The number of hydrogen-bond donors (Lipinski definition) is 5. The van der Waals surface area contributed by atoms with Crippen LogP contribution in [0.2, 0.25) is 0 Å². The van der Waals surface area contributed by atoms with E-state index in [0.29, 0.717) is 26.4 Å². The molecule has 0 aromatic rings. The molecule has 5 N–H and O–H groups in total. The van der Waals surface area contributed by atoms with E-state index in [1.807, 2.05) is 34.6 Å². The van der Waals surface area contributed by atoms with Gasteiger partial charge in [0.05, 0.1) is 59.5 Å². The first-order chi connectivity index (χ1) is 12.8. The molecular weight excluding hydrogens is 368 g/mol. The van der Waals surface area contributed by atoms with E-state index in [1.165, 1.54) is 0 Å². The van der Waals surface area contributed by atoms with E-state index in [1.54, 1.807) is 6.92 Å². The first kappa shape index (κ1) is 27.7. The van der Waals surface area contributed by atoms with Crippen molar-refractivity contribution in [3.05, 3.63) is 0 Å². The molecule has 0 spiro atoms. The van der Waals surface area contributed by atoms with Gasteiger partial charge in [0.25, 0.3) is 0 Å². The Labute approximate surface area is 170 Å². The van der Waals surface area contributed by atoms with Crippen molar-refractivity contribution >= 4 is 0 Å². The molecule has 8 heteroatoms. The summed E-state index contributed by atoms with van der Waals surface area (Å²) in [5.74, 6) is 0. The van der Waals surface area contributed by atoms with Crippen molar-refractivity contribution in [3.63, 3.8) is 0 Å². The summed E-state index contributed by atoms with van der Waals surface area (Å²) in [5.41, 5.74) is -1.56. The van der Waals surface area contributed by atoms with Crippen LogP contribution in [-0.2, 0) is 14.2 Å². The van der Waals surface area contributed by atoms with Crippen molar-refractivity contribution in [2.24, 2.45) is 21.7 Å². The summed E-state index contributed by atoms with van der Waals surface area (Å²) in [5, 5.41) is 45.1. The summed E-state index contributed by atoms with van der Waals surface area (Å²) in [6.07, 6.45) is -0.382. The zero-order chi connectivity index (χ0) is 22.1. The second-order valence-electron chi connectivity index (χ2n) is 10.0. The minimum Gasteiger partial charge on any atom is -0.396 e. The fourth-order valence-electron chi connectivity index (χ4n) is 2.02. The Morgan fingerprint density at radius 3 is 1.71 bits per heavy atom. The fourth-order valence-corrected chi connectivity index (χ4v) is 2.02. The smallest absolute Gasteiger partial charge is 0.396 e. The highest BCUT2D eigenvalue weighted by Gasteiger charge is 2.39. The van der Waals surface area contributed by atoms with Gasteiger partial charge in [-0.1, -0.05) is 41.5 Å². The molecule has 0 radical (unpaired) electrons. The third-order valence-corrected chi connectivity index (χ3v) is 4.73. The molecule has 0 aliphatic carbocycles. The molecule has 8 nitrogen and oxygen atoms in total. The number of ether oxygens (including phenoxy) is 3. The molecule has 1 heterocycles. The number of rotatable bonds is 10. The third kappa shape index (κ3) is 9.45. The Kier molecular flexibility index (Phi) is 11.6. The summed E-state index contributed by atoms with van der Waals surface area (Å²) in [7, 11) is 0. The summed E-state index contributed by atoms with van der Waals surface area (Å²) in [6, 6.07) is 0. The number of aliphatic hydroxyl groups is 5. The van der Waals surface area contributed by atoms with Gasteiger partial charge in [-0.15, -0.1) is 0 Å². The van der Waals surface area contributed by atoms with E-state index in [2.05, 4.69) is 0 Å². The Bertz CT molecular complexity index is 406. The lowest BCUT2D eigenvalue weighted by Gasteiger charge is -2.41. The lowest BCUT2D eigenvalue weighted by atomic mass is 9.89. The Balaban J connectivity index is 0. The van der Waals surface area contributed by atoms with Crippen molar-refractivity contribution in [1.29, 1.82) is 0 Å². The molecular formula is C20H43O8+. The van der Waals surface area contributed by atoms with Crippen molar-refractivity contribution in [1.82, 2.24) is 0 Å². The van der Waals surface area contributed by atoms with Gasteiger partial charge >= 0.3 is 1.43 Å². The van der Waals surface area contributed by atoms with Crippen LogP contribution in [0.15, 0.2) is 0 Å². The molecule has 0 amide bonds. The molecule has 1 saturated heterocycles. The highest BCUT2D eigenvalue weighted by Crippen LogP contribution is 2.31. The Morgan fingerprint density at radius 1 is 0.857 bits per heavy atom. The standard InChI is InChI=1S/C10H20O4.C10H22O4/c1-9(2,4-11)8-13-6-10(3,5-12)7-14-8;1-9(2,4-11)7-14-8-10(3,5-12)6-13/h8,11-12H,4-7H2,1-3H3;11-13H,4-8H2,1-3H3/p+1. The first-order valence-corrected chi connectivity index (χ1v) is 9.68. The lowest BCUT2D eigenvalue weighted by molar-refractivity contribution is -0.275. The lowest BCUT2D eigenvalue weighted by Crippen LogP contribution is -2.48. The molecule has 0 saturated carbocycles. The Morgan fingerprint density at radius 2 is 1.36 bits per heavy atom. The van der Waals surface area contributed by atoms with Crippen LogP contribution in [0.3, 0.4) is 0 Å². The monoisotopic (exact) mass is 411 g/mol. The molecule has 170 valence electrons. The van der Waals surface area contributed by atoms with Gasteiger partial charge in [-0.2, -0.15) is 0 Å². The second kappa shape index (κ2) is 11.8. The fraction of sp³-hybridized carbons (Fsp3) is 1.00. The molecule has 1 fully saturated rings. The average Bonchev–Trinajstić information content (AvgIpc) is 2.68. The molecule has 0 aromatic heterocycles. The van der Waals surface area contributed by atoms with Crippen LogP contribution in [0.4, 0.5) is 0 Å². The largest absolute Gasteiger partial charge is 1.00 e. The second-order valence-corrected chi connectivity index (χ2v) is 10.0. The molecule has 28 heavy (non-hydrogen) atoms. The van der Waals surface area contributed by atoms with Crippen LogP contribution >= 0.6 is 0 Å². The normalized spacial score (nSPS) is 23.9. The quantitative estimate of drug-likeness (QED) is 0.352. The van der Waals surface area contributed by atoms with Gasteiger partial charge in [-0.25, -0.2) is 0 Å². The van der Waals surface area contributed by atoms with E-state index in [0.717, 1.165) is 0 Å². The van der Waals surface area contributed by atoms with Crippen LogP contribution < -0.4 is 0 Å². The zero-order valence-corrected chi connectivity index (χ0v) is 18.4. The summed E-state index contributed by atoms with van der Waals surface area (Å²) < 4.78 is 16.4. The van der Waals surface area contributed by atoms with Crippen LogP contribution in [0, 0.1) is 21.7 Å². The van der Waals surface area contributed by atoms with Gasteiger partial charge in [0, 0.05) is 21.7 Å². The van der Waals surface area contributed by atoms with Crippen LogP contribution in [-0.4, -0.2) is 91.3 Å². The van der Waals surface area contributed by atoms with E-state index >= 15 is 0 Å². The maximum Gasteiger partial charge on any atom is 1.00 e. The van der Waals surface area contributed by atoms with Crippen molar-refractivity contribution in [2.75, 3.05) is 59.5 Å². The van der Waals surface area contributed by atoms with Crippen LogP contribution in [0.1, 0.15) is 43.0 Å². The number of aliphatic hydroxyl groups excluding tert-OH is 5. The average molecular weight is 412 g/mol. The van der Waals surface area contributed by atoms with Crippen LogP contribution in [0.25, 0.3) is 0 Å². The summed E-state index contributed by atoms with van der Waals surface area (Å²) in [4.78, 5) is 0. The van der Waals surface area contributed by atoms with Crippen molar-refractivity contribution in [3.8, 4) is 0 Å². The van der Waals surface area contributed by atoms with E-state index < -0.39 is 10.8 Å². The van der Waals surface area contributed by atoms with Gasteiger partial charge in [0.1, 0.15) is 0 Å². The van der Waals surface area contributed by atoms with E-state index in [9.17, 15) is 0 Å². The van der Waals surface area contributed by atoms with E-state index in [4.69, 9.17) is 39.7 Å². The third-order valence-electron chi connectivity index (χ3n) is 4.73. The highest BCUT2D eigenvalue weighted by atomic mass is 16.7. The zero-order valence-electron chi connectivity index (χ0n) is 19.4. The van der Waals surface area contributed by atoms with Gasteiger partial charge in [0.15, 0.2) is 6.29 Å². The first-order valence-electron chi connectivity index (χ1n) is 9.68. The highest BCUT2D eigenvalue weighted by molar-refractivity contribution is 4.81. The predicted octanol–water partition coefficient (Wildman–Crippen LogP) is 0.501. The topological polar surface area (TPSA) is 129 Å². The predicted molar refractivity (Wildman–Crippen MR) is 107 cm³/mol. The maximum atomic E-state index is 9.12. The van der Waals surface area contributed by atoms with Gasteiger partial charge < -0.3 is 39.7 Å². The number of hydrogen-bond acceptors (Lipinski definition) is 8. The molecule has 0 bridgehead atoms. The maximum absolute atomic E-state index is 9.12. The molecule has 0 aromatic carbocycles.